The van der Waals surface area contributed by atoms with Crippen molar-refractivity contribution in [3.8, 4) is 5.75 Å². The van der Waals surface area contributed by atoms with E-state index in [1.807, 2.05) is 43.3 Å². The van der Waals surface area contributed by atoms with Gasteiger partial charge in [-0.1, -0.05) is 41.4 Å². The van der Waals surface area contributed by atoms with E-state index in [9.17, 15) is 4.79 Å². The summed E-state index contributed by atoms with van der Waals surface area (Å²) in [7, 11) is 3.43. The maximum absolute atomic E-state index is 12.2. The van der Waals surface area contributed by atoms with Crippen molar-refractivity contribution >= 4 is 17.6 Å². The summed E-state index contributed by atoms with van der Waals surface area (Å²) in [5.74, 6) is 0.849. The molecule has 2 aromatic rings. The molecule has 0 atom stereocenters. The molecule has 0 aliphatic heterocycles. The van der Waals surface area contributed by atoms with Gasteiger partial charge in [0.1, 0.15) is 5.75 Å². The van der Waals surface area contributed by atoms with Crippen LogP contribution in [-0.4, -0.2) is 31.6 Å². The maximum atomic E-state index is 12.2. The molecule has 0 fully saturated rings. The number of carbonyl (C=O) groups is 1. The minimum atomic E-state index is -0.110. The summed E-state index contributed by atoms with van der Waals surface area (Å²) in [4.78, 5) is 13.8. The van der Waals surface area contributed by atoms with Crippen molar-refractivity contribution in [2.45, 2.75) is 19.9 Å². The first kappa shape index (κ1) is 18.1. The summed E-state index contributed by atoms with van der Waals surface area (Å²) in [6.45, 7) is 3.11. The Labute approximate surface area is 148 Å². The van der Waals surface area contributed by atoms with Crippen LogP contribution in [0.4, 0.5) is 4.79 Å². The molecule has 128 valence electrons. The van der Waals surface area contributed by atoms with Gasteiger partial charge in [0.25, 0.3) is 0 Å². The number of nitrogens with zero attached hydrogens (tertiary/aromatic N) is 1. The van der Waals surface area contributed by atoms with Gasteiger partial charge in [0, 0.05) is 25.2 Å². The number of ether oxygens (including phenoxy) is 1. The fraction of sp³-hybridized carbons (Fsp3) is 0.316. The number of hydrogen-bond acceptors (Lipinski definition) is 2. The largest absolute Gasteiger partial charge is 0.496 e. The van der Waals surface area contributed by atoms with Crippen LogP contribution < -0.4 is 10.1 Å². The first-order chi connectivity index (χ1) is 11.5. The summed E-state index contributed by atoms with van der Waals surface area (Å²) in [5, 5.41) is 3.61. The Morgan fingerprint density at radius 2 is 2.04 bits per heavy atom. The second-order valence-corrected chi connectivity index (χ2v) is 6.22. The third-order valence-electron chi connectivity index (χ3n) is 3.76. The van der Waals surface area contributed by atoms with Crippen LogP contribution in [0.25, 0.3) is 0 Å². The van der Waals surface area contributed by atoms with Crippen LogP contribution in [0.1, 0.15) is 16.7 Å². The second-order valence-electron chi connectivity index (χ2n) is 5.78. The van der Waals surface area contributed by atoms with Crippen LogP contribution in [0.2, 0.25) is 5.02 Å². The first-order valence-electron chi connectivity index (χ1n) is 7.86. The van der Waals surface area contributed by atoms with Crippen LogP contribution in [0, 0.1) is 6.92 Å². The highest BCUT2D eigenvalue weighted by atomic mass is 35.5. The molecular formula is C19H23ClN2O2. The number of benzene rings is 2. The molecule has 0 bridgehead atoms. The molecule has 24 heavy (non-hydrogen) atoms. The molecule has 4 nitrogen and oxygen atoms in total. The monoisotopic (exact) mass is 346 g/mol. The minimum absolute atomic E-state index is 0.110. The zero-order valence-corrected chi connectivity index (χ0v) is 15.1. The zero-order valence-electron chi connectivity index (χ0n) is 14.3. The fourth-order valence-corrected chi connectivity index (χ4v) is 2.74. The lowest BCUT2D eigenvalue weighted by Crippen LogP contribution is -2.37. The number of urea groups is 1. The van der Waals surface area contributed by atoms with Gasteiger partial charge in [-0.05, 0) is 42.7 Å². The summed E-state index contributed by atoms with van der Waals surface area (Å²) in [6, 6.07) is 13.5. The fourth-order valence-electron chi connectivity index (χ4n) is 2.52. The van der Waals surface area contributed by atoms with Crippen LogP contribution in [0.15, 0.2) is 42.5 Å². The molecular weight excluding hydrogens is 324 g/mol. The third kappa shape index (κ3) is 5.17. The molecule has 0 aliphatic rings. The number of amides is 2. The average molecular weight is 347 g/mol. The van der Waals surface area contributed by atoms with Gasteiger partial charge >= 0.3 is 6.03 Å². The van der Waals surface area contributed by atoms with E-state index in [2.05, 4.69) is 11.4 Å². The van der Waals surface area contributed by atoms with Gasteiger partial charge in [0.2, 0.25) is 0 Å². The third-order valence-corrected chi connectivity index (χ3v) is 4.00. The Hall–Kier alpha value is -2.20. The Bertz CT molecular complexity index is 704. The van der Waals surface area contributed by atoms with E-state index >= 15 is 0 Å². The van der Waals surface area contributed by atoms with Gasteiger partial charge in [-0.3, -0.25) is 0 Å². The number of methoxy groups -OCH3 is 1. The van der Waals surface area contributed by atoms with Gasteiger partial charge in [-0.15, -0.1) is 0 Å². The molecule has 0 aliphatic carbocycles. The smallest absolute Gasteiger partial charge is 0.317 e. The van der Waals surface area contributed by atoms with Crippen LogP contribution >= 0.6 is 11.6 Å². The number of rotatable bonds is 6. The van der Waals surface area contributed by atoms with E-state index < -0.39 is 0 Å². The van der Waals surface area contributed by atoms with Gasteiger partial charge in [-0.25, -0.2) is 4.79 Å². The predicted octanol–water partition coefficient (Wildman–Crippen LogP) is 4.04. The van der Waals surface area contributed by atoms with Gasteiger partial charge in [0.15, 0.2) is 0 Å². The van der Waals surface area contributed by atoms with Gasteiger partial charge in [0.05, 0.1) is 7.11 Å². The molecule has 0 heterocycles. The summed E-state index contributed by atoms with van der Waals surface area (Å²) in [5.41, 5.74) is 3.27. The van der Waals surface area contributed by atoms with Crippen molar-refractivity contribution in [3.63, 3.8) is 0 Å². The highest BCUT2D eigenvalue weighted by Crippen LogP contribution is 2.19. The number of halogens is 1. The highest BCUT2D eigenvalue weighted by Gasteiger charge is 2.10. The molecule has 2 rings (SSSR count). The van der Waals surface area contributed by atoms with E-state index in [-0.39, 0.29) is 6.03 Å². The van der Waals surface area contributed by atoms with Gasteiger partial charge < -0.3 is 15.0 Å². The number of nitrogens with one attached hydrogen (secondary N) is 1. The van der Waals surface area contributed by atoms with Crippen LogP contribution in [0.5, 0.6) is 5.75 Å². The van der Waals surface area contributed by atoms with Crippen molar-refractivity contribution in [1.82, 2.24) is 10.2 Å². The van der Waals surface area contributed by atoms with Crippen molar-refractivity contribution in [1.29, 1.82) is 0 Å². The molecule has 1 N–H and O–H groups in total. The molecule has 0 spiro atoms. The zero-order chi connectivity index (χ0) is 17.5. The Kier molecular flexibility index (Phi) is 6.50. The van der Waals surface area contributed by atoms with E-state index in [1.165, 1.54) is 5.56 Å². The molecule has 0 saturated carbocycles. The maximum Gasteiger partial charge on any atom is 0.317 e. The van der Waals surface area contributed by atoms with E-state index in [1.54, 1.807) is 19.1 Å². The SMILES string of the molecule is COc1ccc(C)cc1CCNC(=O)N(C)Cc1cccc(Cl)c1. The number of hydrogen-bond donors (Lipinski definition) is 1. The van der Waals surface area contributed by atoms with Crippen LogP contribution in [0.3, 0.4) is 0 Å². The predicted molar refractivity (Wildman–Crippen MR) is 97.8 cm³/mol. The van der Waals surface area contributed by atoms with Crippen molar-refractivity contribution in [2.75, 3.05) is 20.7 Å². The standard InChI is InChI=1S/C19H23ClN2O2/c1-14-7-8-18(24-3)16(11-14)9-10-21-19(23)22(2)13-15-5-4-6-17(20)12-15/h4-8,11-12H,9-10,13H2,1-3H3,(H,21,23). The molecule has 0 unspecified atom stereocenters. The van der Waals surface area contributed by atoms with Crippen molar-refractivity contribution < 1.29 is 9.53 Å². The Balaban J connectivity index is 1.85. The van der Waals surface area contributed by atoms with Crippen molar-refractivity contribution in [2.24, 2.45) is 0 Å². The summed E-state index contributed by atoms with van der Waals surface area (Å²) < 4.78 is 5.36. The summed E-state index contributed by atoms with van der Waals surface area (Å²) >= 11 is 5.97. The molecule has 5 heteroatoms. The number of aryl methyl sites for hydroxylation is 1. The van der Waals surface area contributed by atoms with Gasteiger partial charge in [-0.2, -0.15) is 0 Å². The first-order valence-corrected chi connectivity index (χ1v) is 8.24. The van der Waals surface area contributed by atoms with E-state index in [4.69, 9.17) is 16.3 Å². The van der Waals surface area contributed by atoms with E-state index in [0.29, 0.717) is 18.1 Å². The highest BCUT2D eigenvalue weighted by molar-refractivity contribution is 6.30. The molecule has 0 radical (unpaired) electrons. The molecule has 2 amide bonds. The average Bonchev–Trinajstić information content (AvgIpc) is 2.55. The lowest BCUT2D eigenvalue weighted by Gasteiger charge is -2.18. The van der Waals surface area contributed by atoms with Crippen molar-refractivity contribution in [3.05, 3.63) is 64.2 Å². The quantitative estimate of drug-likeness (QED) is 0.857. The normalized spacial score (nSPS) is 10.3. The molecule has 2 aromatic carbocycles. The molecule has 0 saturated heterocycles. The second kappa shape index (κ2) is 8.60. The van der Waals surface area contributed by atoms with Crippen LogP contribution in [-0.2, 0) is 13.0 Å². The lowest BCUT2D eigenvalue weighted by molar-refractivity contribution is 0.207. The topological polar surface area (TPSA) is 41.6 Å². The number of carbonyl (C=O) groups excluding carboxylic acids is 1. The lowest BCUT2D eigenvalue weighted by atomic mass is 10.1. The molecule has 0 aromatic heterocycles. The summed E-state index contributed by atoms with van der Waals surface area (Å²) in [6.07, 6.45) is 0.724. The Morgan fingerprint density at radius 1 is 1.25 bits per heavy atom. The Morgan fingerprint density at radius 3 is 2.75 bits per heavy atom. The van der Waals surface area contributed by atoms with E-state index in [0.717, 1.165) is 23.3 Å². The minimum Gasteiger partial charge on any atom is -0.496 e.